The highest BCUT2D eigenvalue weighted by molar-refractivity contribution is 6.14. The molecule has 4 heteroatoms. The van der Waals surface area contributed by atoms with E-state index in [2.05, 4.69) is 156 Å². The number of benzene rings is 6. The fourth-order valence-electron chi connectivity index (χ4n) is 7.47. The molecule has 0 atom stereocenters. The van der Waals surface area contributed by atoms with Crippen molar-refractivity contribution in [3.8, 4) is 45.1 Å². The van der Waals surface area contributed by atoms with Gasteiger partial charge in [-0.2, -0.15) is 0 Å². The van der Waals surface area contributed by atoms with Gasteiger partial charge in [-0.15, -0.1) is 0 Å². The molecule has 0 aliphatic heterocycles. The first kappa shape index (κ1) is 30.3. The number of para-hydroxylation sites is 3. The molecule has 0 aliphatic rings. The maximum absolute atomic E-state index is 5.20. The Morgan fingerprint density at radius 1 is 0.588 bits per heavy atom. The minimum absolute atomic E-state index is 0.697. The SMILES string of the molecule is C=C/C=C\c1c(C)n(-c2cnc(-c3ccccc3)nc2-c2ccccc2)c2ccc(-c3cccc4c5ccccc5n(-c5ccccc5)c34)cc12. The molecule has 9 rings (SSSR count). The molecule has 0 saturated carbocycles. The van der Waals surface area contributed by atoms with Crippen LogP contribution in [0.15, 0.2) is 177 Å². The molecule has 0 saturated heterocycles. The molecule has 51 heavy (non-hydrogen) atoms. The number of hydrogen-bond donors (Lipinski definition) is 0. The minimum Gasteiger partial charge on any atom is -0.310 e. The molecule has 0 spiro atoms. The second kappa shape index (κ2) is 12.6. The summed E-state index contributed by atoms with van der Waals surface area (Å²) in [5.41, 5.74) is 13.0. The Labute approximate surface area is 296 Å². The molecule has 0 fully saturated rings. The van der Waals surface area contributed by atoms with Crippen LogP contribution < -0.4 is 0 Å². The summed E-state index contributed by atoms with van der Waals surface area (Å²) in [7, 11) is 0. The highest BCUT2D eigenvalue weighted by atomic mass is 15.0. The third-order valence-corrected chi connectivity index (χ3v) is 9.76. The number of aromatic nitrogens is 4. The summed E-state index contributed by atoms with van der Waals surface area (Å²) in [6, 6.07) is 53.4. The Hall–Kier alpha value is -6.78. The molecular weight excluding hydrogens is 621 g/mol. The van der Waals surface area contributed by atoms with Gasteiger partial charge in [0.1, 0.15) is 0 Å². The molecule has 0 bridgehead atoms. The Morgan fingerprint density at radius 3 is 2.02 bits per heavy atom. The van der Waals surface area contributed by atoms with Gasteiger partial charge in [0, 0.05) is 49.8 Å². The van der Waals surface area contributed by atoms with E-state index in [9.17, 15) is 0 Å². The van der Waals surface area contributed by atoms with Crippen LogP contribution in [0.25, 0.3) is 83.9 Å². The third-order valence-electron chi connectivity index (χ3n) is 9.76. The van der Waals surface area contributed by atoms with Gasteiger partial charge in [0.05, 0.1) is 34.1 Å². The first-order valence-electron chi connectivity index (χ1n) is 17.2. The van der Waals surface area contributed by atoms with Crippen molar-refractivity contribution in [2.45, 2.75) is 6.92 Å². The molecule has 0 amide bonds. The standard InChI is InChI=1S/C47H34N4/c1-3-4-23-37-32(2)50(44-31-48-47(34-19-10-6-11-20-34)49-45(44)33-17-8-5-9-18-33)43-29-28-35(30-41(37)43)38-25-16-26-40-39-24-14-15-27-42(39)51(46(38)40)36-21-12-7-13-22-36/h3-31H,1H2,2H3/b23-4-. The van der Waals surface area contributed by atoms with E-state index in [1.165, 1.54) is 27.4 Å². The molecule has 242 valence electrons. The van der Waals surface area contributed by atoms with Gasteiger partial charge >= 0.3 is 0 Å². The fourth-order valence-corrected chi connectivity index (χ4v) is 7.47. The fraction of sp³-hybridized carbons (Fsp3) is 0.0213. The molecule has 0 N–H and O–H groups in total. The number of fused-ring (bicyclic) bond motifs is 4. The number of allylic oxidation sites excluding steroid dienone is 2. The number of rotatable bonds is 7. The first-order chi connectivity index (χ1) is 25.2. The van der Waals surface area contributed by atoms with Gasteiger partial charge in [0.25, 0.3) is 0 Å². The van der Waals surface area contributed by atoms with E-state index >= 15 is 0 Å². The second-order valence-electron chi connectivity index (χ2n) is 12.7. The van der Waals surface area contributed by atoms with Crippen molar-refractivity contribution in [2.24, 2.45) is 0 Å². The second-order valence-corrected chi connectivity index (χ2v) is 12.7. The van der Waals surface area contributed by atoms with E-state index in [0.717, 1.165) is 55.9 Å². The Bertz CT molecular complexity index is 2750. The lowest BCUT2D eigenvalue weighted by Crippen LogP contribution is -2.04. The molecule has 0 radical (unpaired) electrons. The summed E-state index contributed by atoms with van der Waals surface area (Å²) in [5.74, 6) is 0.697. The smallest absolute Gasteiger partial charge is 0.159 e. The summed E-state index contributed by atoms with van der Waals surface area (Å²) in [6.07, 6.45) is 7.98. The zero-order chi connectivity index (χ0) is 34.3. The largest absolute Gasteiger partial charge is 0.310 e. The third kappa shape index (κ3) is 5.08. The Balaban J connectivity index is 1.30. The zero-order valence-corrected chi connectivity index (χ0v) is 28.2. The molecule has 6 aromatic carbocycles. The highest BCUT2D eigenvalue weighted by Crippen LogP contribution is 2.41. The quantitative estimate of drug-likeness (QED) is 0.160. The van der Waals surface area contributed by atoms with Crippen molar-refractivity contribution in [2.75, 3.05) is 0 Å². The Morgan fingerprint density at radius 2 is 1.25 bits per heavy atom. The van der Waals surface area contributed by atoms with Crippen molar-refractivity contribution >= 4 is 38.8 Å². The maximum atomic E-state index is 5.20. The molecule has 0 unspecified atom stereocenters. The van der Waals surface area contributed by atoms with Crippen LogP contribution in [-0.4, -0.2) is 19.1 Å². The number of nitrogens with zero attached hydrogens (tertiary/aromatic N) is 4. The summed E-state index contributed by atoms with van der Waals surface area (Å²) in [4.78, 5) is 10.1. The van der Waals surface area contributed by atoms with Crippen LogP contribution in [0.2, 0.25) is 0 Å². The van der Waals surface area contributed by atoms with Crippen LogP contribution in [0.5, 0.6) is 0 Å². The van der Waals surface area contributed by atoms with E-state index in [1.807, 2.05) is 42.6 Å². The lowest BCUT2D eigenvalue weighted by molar-refractivity contribution is 1.01. The van der Waals surface area contributed by atoms with Gasteiger partial charge in [-0.25, -0.2) is 9.97 Å². The lowest BCUT2D eigenvalue weighted by atomic mass is 9.99. The molecule has 4 nitrogen and oxygen atoms in total. The van der Waals surface area contributed by atoms with E-state index in [0.29, 0.717) is 5.82 Å². The molecule has 9 aromatic rings. The van der Waals surface area contributed by atoms with Crippen LogP contribution in [0.4, 0.5) is 0 Å². The van der Waals surface area contributed by atoms with Gasteiger partial charge < -0.3 is 9.13 Å². The van der Waals surface area contributed by atoms with Crippen LogP contribution >= 0.6 is 0 Å². The van der Waals surface area contributed by atoms with Crippen molar-refractivity contribution in [3.63, 3.8) is 0 Å². The predicted molar refractivity (Wildman–Crippen MR) is 213 cm³/mol. The molecule has 3 aromatic heterocycles. The maximum Gasteiger partial charge on any atom is 0.159 e. The monoisotopic (exact) mass is 654 g/mol. The molecule has 3 heterocycles. The van der Waals surface area contributed by atoms with E-state index in [-0.39, 0.29) is 0 Å². The van der Waals surface area contributed by atoms with Crippen LogP contribution in [0, 0.1) is 6.92 Å². The minimum atomic E-state index is 0.697. The highest BCUT2D eigenvalue weighted by Gasteiger charge is 2.21. The normalized spacial score (nSPS) is 11.6. The van der Waals surface area contributed by atoms with Gasteiger partial charge in [0.15, 0.2) is 5.82 Å². The average Bonchev–Trinajstić information content (AvgIpc) is 3.68. The van der Waals surface area contributed by atoms with E-state index in [1.54, 1.807) is 0 Å². The van der Waals surface area contributed by atoms with Crippen molar-refractivity contribution < 1.29 is 0 Å². The molecular formula is C47H34N4. The van der Waals surface area contributed by atoms with E-state index < -0.39 is 0 Å². The van der Waals surface area contributed by atoms with Crippen LogP contribution in [0.1, 0.15) is 11.3 Å². The van der Waals surface area contributed by atoms with Gasteiger partial charge in [-0.05, 0) is 42.8 Å². The van der Waals surface area contributed by atoms with Crippen LogP contribution in [-0.2, 0) is 0 Å². The van der Waals surface area contributed by atoms with Gasteiger partial charge in [-0.3, -0.25) is 0 Å². The summed E-state index contributed by atoms with van der Waals surface area (Å²) >= 11 is 0. The lowest BCUT2D eigenvalue weighted by Gasteiger charge is -2.15. The van der Waals surface area contributed by atoms with Crippen molar-refractivity contribution in [3.05, 3.63) is 188 Å². The predicted octanol–water partition coefficient (Wildman–Crippen LogP) is 12.0. The van der Waals surface area contributed by atoms with E-state index in [4.69, 9.17) is 9.97 Å². The summed E-state index contributed by atoms with van der Waals surface area (Å²) in [6.45, 7) is 6.16. The van der Waals surface area contributed by atoms with Crippen molar-refractivity contribution in [1.82, 2.24) is 19.1 Å². The van der Waals surface area contributed by atoms with Gasteiger partial charge in [-0.1, -0.05) is 146 Å². The first-order valence-corrected chi connectivity index (χ1v) is 17.2. The summed E-state index contributed by atoms with van der Waals surface area (Å²) in [5, 5.41) is 3.62. The molecule has 0 aliphatic carbocycles. The van der Waals surface area contributed by atoms with Crippen LogP contribution in [0.3, 0.4) is 0 Å². The average molecular weight is 655 g/mol. The number of hydrogen-bond acceptors (Lipinski definition) is 2. The van der Waals surface area contributed by atoms with Crippen molar-refractivity contribution in [1.29, 1.82) is 0 Å². The zero-order valence-electron chi connectivity index (χ0n) is 28.2. The Kier molecular flexibility index (Phi) is 7.48. The topological polar surface area (TPSA) is 35.6 Å². The summed E-state index contributed by atoms with van der Waals surface area (Å²) < 4.78 is 4.71. The van der Waals surface area contributed by atoms with Gasteiger partial charge in [0.2, 0.25) is 0 Å².